The van der Waals surface area contributed by atoms with E-state index >= 15 is 0 Å². The number of ketones is 1. The highest BCUT2D eigenvalue weighted by molar-refractivity contribution is 7.09. The van der Waals surface area contributed by atoms with E-state index in [1.165, 1.54) is 4.88 Å². The van der Waals surface area contributed by atoms with Gasteiger partial charge in [0, 0.05) is 10.3 Å². The van der Waals surface area contributed by atoms with Gasteiger partial charge in [0.2, 0.25) is 0 Å². The van der Waals surface area contributed by atoms with Gasteiger partial charge in [-0.3, -0.25) is 4.79 Å². The molecule has 2 rings (SSSR count). The summed E-state index contributed by atoms with van der Waals surface area (Å²) in [6.07, 6.45) is 2.94. The highest BCUT2D eigenvalue weighted by Gasteiger charge is 2.51. The Bertz CT molecular complexity index is 512. The Kier molecular flexibility index (Phi) is 3.29. The van der Waals surface area contributed by atoms with Crippen LogP contribution < -0.4 is 0 Å². The molecule has 0 radical (unpaired) electrons. The Morgan fingerprint density at radius 2 is 2.22 bits per heavy atom. The Morgan fingerprint density at radius 1 is 1.50 bits per heavy atom. The van der Waals surface area contributed by atoms with E-state index in [1.807, 2.05) is 26.3 Å². The second-order valence-electron chi connectivity index (χ2n) is 5.77. The van der Waals surface area contributed by atoms with E-state index < -0.39 is 5.41 Å². The van der Waals surface area contributed by atoms with Crippen molar-refractivity contribution in [1.29, 1.82) is 5.26 Å². The molecule has 0 aromatic carbocycles. The Labute approximate surface area is 112 Å². The highest BCUT2D eigenvalue weighted by Crippen LogP contribution is 2.48. The fourth-order valence-corrected chi connectivity index (χ4v) is 3.48. The van der Waals surface area contributed by atoms with Crippen LogP contribution >= 0.6 is 11.3 Å². The number of nitrogens with zero attached hydrogens (tertiary/aromatic N) is 2. The van der Waals surface area contributed by atoms with Gasteiger partial charge >= 0.3 is 0 Å². The molecule has 18 heavy (non-hydrogen) atoms. The zero-order chi connectivity index (χ0) is 13.4. The molecule has 0 amide bonds. The fourth-order valence-electron chi connectivity index (χ4n) is 2.69. The number of hydrogen-bond donors (Lipinski definition) is 0. The summed E-state index contributed by atoms with van der Waals surface area (Å²) in [6.45, 7) is 5.88. The molecule has 1 saturated carbocycles. The molecule has 1 aromatic rings. The van der Waals surface area contributed by atoms with Gasteiger partial charge in [-0.1, -0.05) is 13.8 Å². The van der Waals surface area contributed by atoms with Crippen molar-refractivity contribution >= 4 is 17.1 Å². The van der Waals surface area contributed by atoms with Crippen LogP contribution in [0, 0.1) is 29.1 Å². The average molecular weight is 262 g/mol. The van der Waals surface area contributed by atoms with E-state index in [0.717, 1.165) is 18.5 Å². The van der Waals surface area contributed by atoms with E-state index in [9.17, 15) is 10.1 Å². The standard InChI is InChI=1S/C14H18N2OS/c1-10-11(18-9-16-10)4-5-14(8-15)7-6-13(2,3)12(14)17/h9H,4-7H2,1-3H3. The molecule has 0 spiro atoms. The van der Waals surface area contributed by atoms with Crippen molar-refractivity contribution in [3.05, 3.63) is 16.1 Å². The van der Waals surface area contributed by atoms with Gasteiger partial charge in [-0.2, -0.15) is 5.26 Å². The quantitative estimate of drug-likeness (QED) is 0.840. The van der Waals surface area contributed by atoms with E-state index in [0.29, 0.717) is 12.8 Å². The first-order valence-electron chi connectivity index (χ1n) is 6.26. The van der Waals surface area contributed by atoms with Crippen molar-refractivity contribution < 1.29 is 4.79 Å². The van der Waals surface area contributed by atoms with Crippen LogP contribution in [0.1, 0.15) is 43.7 Å². The lowest BCUT2D eigenvalue weighted by molar-refractivity contribution is -0.130. The number of carbonyl (C=O) groups is 1. The summed E-state index contributed by atoms with van der Waals surface area (Å²) < 4.78 is 0. The van der Waals surface area contributed by atoms with Crippen LogP contribution in [0.4, 0.5) is 0 Å². The average Bonchev–Trinajstić information content (AvgIpc) is 2.83. The summed E-state index contributed by atoms with van der Waals surface area (Å²) >= 11 is 1.61. The largest absolute Gasteiger partial charge is 0.297 e. The van der Waals surface area contributed by atoms with Gasteiger partial charge in [-0.05, 0) is 32.6 Å². The number of Topliss-reactive ketones (excluding diaryl/α,β-unsaturated/α-hetero) is 1. The van der Waals surface area contributed by atoms with Crippen molar-refractivity contribution in [2.45, 2.75) is 46.5 Å². The summed E-state index contributed by atoms with van der Waals surface area (Å²) in [5.74, 6) is 0.125. The molecule has 1 atom stereocenters. The molecule has 1 heterocycles. The molecular formula is C14H18N2OS. The minimum Gasteiger partial charge on any atom is -0.297 e. The molecule has 0 saturated heterocycles. The lowest BCUT2D eigenvalue weighted by Gasteiger charge is -2.22. The minimum absolute atomic E-state index is 0.125. The fraction of sp³-hybridized carbons (Fsp3) is 0.643. The predicted molar refractivity (Wildman–Crippen MR) is 71.2 cm³/mol. The van der Waals surface area contributed by atoms with Crippen molar-refractivity contribution in [3.63, 3.8) is 0 Å². The zero-order valence-corrected chi connectivity index (χ0v) is 11.9. The molecule has 4 heteroatoms. The number of thiazole rings is 1. The van der Waals surface area contributed by atoms with Crippen LogP contribution in [0.25, 0.3) is 0 Å². The molecule has 1 aliphatic carbocycles. The summed E-state index contributed by atoms with van der Waals surface area (Å²) in [5, 5.41) is 9.43. The first-order chi connectivity index (χ1) is 8.41. The van der Waals surface area contributed by atoms with Crippen LogP contribution in [0.3, 0.4) is 0 Å². The third-order valence-electron chi connectivity index (χ3n) is 4.06. The summed E-state index contributed by atoms with van der Waals surface area (Å²) in [7, 11) is 0. The van der Waals surface area contributed by atoms with Gasteiger partial charge in [0.05, 0.1) is 17.3 Å². The molecule has 1 aliphatic rings. The maximum Gasteiger partial charge on any atom is 0.158 e. The number of nitriles is 1. The second-order valence-corrected chi connectivity index (χ2v) is 6.71. The van der Waals surface area contributed by atoms with E-state index in [1.54, 1.807) is 11.3 Å². The minimum atomic E-state index is -0.764. The number of aryl methyl sites for hydroxylation is 2. The zero-order valence-electron chi connectivity index (χ0n) is 11.1. The number of rotatable bonds is 3. The molecule has 0 bridgehead atoms. The molecule has 1 fully saturated rings. The van der Waals surface area contributed by atoms with Crippen LogP contribution in [-0.4, -0.2) is 10.8 Å². The van der Waals surface area contributed by atoms with Crippen molar-refractivity contribution in [2.24, 2.45) is 10.8 Å². The van der Waals surface area contributed by atoms with Gasteiger partial charge in [-0.25, -0.2) is 4.98 Å². The predicted octanol–water partition coefficient (Wildman–Crippen LogP) is 3.28. The summed E-state index contributed by atoms with van der Waals surface area (Å²) in [4.78, 5) is 17.8. The Hall–Kier alpha value is -1.21. The highest BCUT2D eigenvalue weighted by atomic mass is 32.1. The number of aromatic nitrogens is 1. The summed E-state index contributed by atoms with van der Waals surface area (Å²) in [6, 6.07) is 2.30. The van der Waals surface area contributed by atoms with Crippen LogP contribution in [-0.2, 0) is 11.2 Å². The van der Waals surface area contributed by atoms with Crippen molar-refractivity contribution in [3.8, 4) is 6.07 Å². The third kappa shape index (κ3) is 2.08. The first kappa shape index (κ1) is 13.2. The van der Waals surface area contributed by atoms with Gasteiger partial charge in [-0.15, -0.1) is 11.3 Å². The smallest absolute Gasteiger partial charge is 0.158 e. The number of hydrogen-bond acceptors (Lipinski definition) is 4. The molecule has 0 aliphatic heterocycles. The third-order valence-corrected chi connectivity index (χ3v) is 5.06. The molecule has 3 nitrogen and oxygen atoms in total. The topological polar surface area (TPSA) is 53.8 Å². The SMILES string of the molecule is Cc1ncsc1CCC1(C#N)CCC(C)(C)C1=O. The van der Waals surface area contributed by atoms with Gasteiger partial charge < -0.3 is 0 Å². The molecule has 0 N–H and O–H groups in total. The maximum atomic E-state index is 12.4. The lowest BCUT2D eigenvalue weighted by atomic mass is 9.78. The second kappa shape index (κ2) is 4.47. The van der Waals surface area contributed by atoms with Crippen LogP contribution in [0.2, 0.25) is 0 Å². The molecule has 1 unspecified atom stereocenters. The van der Waals surface area contributed by atoms with Crippen LogP contribution in [0.15, 0.2) is 5.51 Å². The van der Waals surface area contributed by atoms with E-state index in [2.05, 4.69) is 11.1 Å². The molecule has 96 valence electrons. The monoisotopic (exact) mass is 262 g/mol. The normalized spacial score (nSPS) is 26.2. The lowest BCUT2D eigenvalue weighted by Crippen LogP contribution is -2.31. The van der Waals surface area contributed by atoms with Crippen LogP contribution in [0.5, 0.6) is 0 Å². The Balaban J connectivity index is 2.14. The van der Waals surface area contributed by atoms with E-state index in [-0.39, 0.29) is 11.2 Å². The first-order valence-corrected chi connectivity index (χ1v) is 7.14. The van der Waals surface area contributed by atoms with Gasteiger partial charge in [0.25, 0.3) is 0 Å². The summed E-state index contributed by atoms with van der Waals surface area (Å²) in [5.41, 5.74) is 1.75. The van der Waals surface area contributed by atoms with Crippen molar-refractivity contribution in [1.82, 2.24) is 4.98 Å². The van der Waals surface area contributed by atoms with Crippen molar-refractivity contribution in [2.75, 3.05) is 0 Å². The van der Waals surface area contributed by atoms with Gasteiger partial charge in [0.1, 0.15) is 5.41 Å². The van der Waals surface area contributed by atoms with E-state index in [4.69, 9.17) is 0 Å². The van der Waals surface area contributed by atoms with Gasteiger partial charge in [0.15, 0.2) is 5.78 Å². The molecular weight excluding hydrogens is 244 g/mol. The molecule has 1 aromatic heterocycles. The maximum absolute atomic E-state index is 12.4. The number of carbonyl (C=O) groups excluding carboxylic acids is 1. The Morgan fingerprint density at radius 3 is 2.67 bits per heavy atom.